The van der Waals surface area contributed by atoms with Gasteiger partial charge in [-0.2, -0.15) is 0 Å². The van der Waals surface area contributed by atoms with Gasteiger partial charge < -0.3 is 9.05 Å². The molecule has 0 saturated heterocycles. The van der Waals surface area contributed by atoms with Gasteiger partial charge in [-0.25, -0.2) is 0 Å². The monoisotopic (exact) mass is 648 g/mol. The first-order chi connectivity index (χ1) is 13.9. The second-order valence-electron chi connectivity index (χ2n) is 5.26. The van der Waals surface area contributed by atoms with Crippen molar-refractivity contribution >= 4 is 135 Å². The number of halogens is 10. The molecule has 0 spiro atoms. The summed E-state index contributed by atoms with van der Waals surface area (Å²) in [6, 6.07) is 0. The van der Waals surface area contributed by atoms with Crippen LogP contribution in [0.3, 0.4) is 0 Å². The molecule has 0 saturated carbocycles. The SMILES string of the molecule is CCCOP(=S)(Oc1c(Cl)c(Cl)c(Cl)c(Cl)c1Cl)Oc1c(Cl)c(Cl)c(Cl)c(Cl)c1Cl. The maximum absolute atomic E-state index is 6.22. The van der Waals surface area contributed by atoms with Gasteiger partial charge in [-0.1, -0.05) is 123 Å². The minimum atomic E-state index is -3.72. The molecule has 15 heteroatoms. The fraction of sp³-hybridized carbons (Fsp3) is 0.200. The van der Waals surface area contributed by atoms with Crippen molar-refractivity contribution in [2.45, 2.75) is 13.3 Å². The van der Waals surface area contributed by atoms with Gasteiger partial charge in [-0.3, -0.25) is 4.52 Å². The molecule has 2 rings (SSSR count). The van der Waals surface area contributed by atoms with Crippen molar-refractivity contribution in [2.75, 3.05) is 6.61 Å². The van der Waals surface area contributed by atoms with Crippen LogP contribution in [0, 0.1) is 0 Å². The van der Waals surface area contributed by atoms with Crippen LogP contribution in [-0.4, -0.2) is 6.61 Å². The van der Waals surface area contributed by atoms with Crippen LogP contribution in [-0.2, 0) is 16.3 Å². The topological polar surface area (TPSA) is 27.7 Å². The standard InChI is InChI=1S/C15H7Cl10O3PS/c1-2-3-26-29(30,27-14-10(22)6(18)4(16)7(19)11(14)23)28-15-12(24)8(20)5(17)9(21)13(15)25/h2-3H2,1H3. The van der Waals surface area contributed by atoms with Gasteiger partial charge in [0.05, 0.1) is 36.7 Å². The first kappa shape index (κ1) is 27.8. The minimum Gasteiger partial charge on any atom is -0.412 e. The average Bonchev–Trinajstić information content (AvgIpc) is 2.73. The van der Waals surface area contributed by atoms with Crippen LogP contribution in [0.2, 0.25) is 50.2 Å². The summed E-state index contributed by atoms with van der Waals surface area (Å²) >= 11 is 66.7. The van der Waals surface area contributed by atoms with Crippen LogP contribution in [0.5, 0.6) is 11.5 Å². The van der Waals surface area contributed by atoms with Gasteiger partial charge in [0.1, 0.15) is 20.1 Å². The zero-order chi connectivity index (χ0) is 23.0. The first-order valence-electron chi connectivity index (χ1n) is 7.52. The van der Waals surface area contributed by atoms with Gasteiger partial charge >= 0.3 is 6.72 Å². The average molecular weight is 653 g/mol. The summed E-state index contributed by atoms with van der Waals surface area (Å²) < 4.78 is 17.2. The Morgan fingerprint density at radius 1 is 0.567 bits per heavy atom. The van der Waals surface area contributed by atoms with E-state index in [0.717, 1.165) is 0 Å². The van der Waals surface area contributed by atoms with Crippen LogP contribution in [0.1, 0.15) is 13.3 Å². The Labute approximate surface area is 227 Å². The number of hydrogen-bond acceptors (Lipinski definition) is 4. The smallest absolute Gasteiger partial charge is 0.412 e. The van der Waals surface area contributed by atoms with Crippen molar-refractivity contribution in [1.82, 2.24) is 0 Å². The van der Waals surface area contributed by atoms with Crippen molar-refractivity contribution in [3.8, 4) is 11.5 Å². The molecule has 0 unspecified atom stereocenters. The molecule has 30 heavy (non-hydrogen) atoms. The normalized spacial score (nSPS) is 11.7. The van der Waals surface area contributed by atoms with Gasteiger partial charge in [-0.05, 0) is 6.42 Å². The van der Waals surface area contributed by atoms with Gasteiger partial charge in [0, 0.05) is 11.8 Å². The van der Waals surface area contributed by atoms with E-state index in [-0.39, 0.29) is 68.3 Å². The zero-order valence-corrected chi connectivity index (χ0v) is 23.5. The third-order valence-corrected chi connectivity index (χ3v) is 9.76. The largest absolute Gasteiger partial charge is 0.435 e. The predicted octanol–water partition coefficient (Wildman–Crippen LogP) is 11.3. The molecule has 0 aliphatic carbocycles. The molecule has 2 aromatic carbocycles. The maximum Gasteiger partial charge on any atom is 0.435 e. The maximum atomic E-state index is 6.22. The lowest BCUT2D eigenvalue weighted by Gasteiger charge is -2.25. The van der Waals surface area contributed by atoms with Gasteiger partial charge in [0.2, 0.25) is 0 Å². The number of benzene rings is 2. The van der Waals surface area contributed by atoms with Gasteiger partial charge in [-0.15, -0.1) is 0 Å². The van der Waals surface area contributed by atoms with Gasteiger partial charge in [0.25, 0.3) is 0 Å². The Bertz CT molecular complexity index is 915. The van der Waals surface area contributed by atoms with Crippen molar-refractivity contribution < 1.29 is 13.6 Å². The third kappa shape index (κ3) is 5.78. The van der Waals surface area contributed by atoms with Crippen LogP contribution in [0.15, 0.2) is 0 Å². The number of rotatable bonds is 7. The molecule has 0 N–H and O–H groups in total. The Morgan fingerprint density at radius 2 is 0.833 bits per heavy atom. The van der Waals surface area contributed by atoms with Crippen molar-refractivity contribution in [3.05, 3.63) is 50.2 Å². The van der Waals surface area contributed by atoms with Crippen LogP contribution in [0.25, 0.3) is 0 Å². The van der Waals surface area contributed by atoms with E-state index in [4.69, 9.17) is 141 Å². The molecular formula is C15H7Cl10O3PS. The van der Waals surface area contributed by atoms with E-state index in [1.807, 2.05) is 6.92 Å². The molecule has 0 radical (unpaired) electrons. The second kappa shape index (κ2) is 11.3. The fourth-order valence-electron chi connectivity index (χ4n) is 1.83. The zero-order valence-electron chi connectivity index (χ0n) is 14.3. The molecule has 0 amide bonds. The molecule has 0 bridgehead atoms. The molecule has 0 fully saturated rings. The highest BCUT2D eigenvalue weighted by Crippen LogP contribution is 2.59. The molecule has 0 aliphatic rings. The predicted molar refractivity (Wildman–Crippen MR) is 135 cm³/mol. The Hall–Kier alpha value is 1.55. The summed E-state index contributed by atoms with van der Waals surface area (Å²) in [6.07, 6.45) is 0.568. The van der Waals surface area contributed by atoms with Crippen molar-refractivity contribution in [2.24, 2.45) is 0 Å². The lowest BCUT2D eigenvalue weighted by molar-refractivity contribution is 0.263. The Balaban J connectivity index is 2.61. The summed E-state index contributed by atoms with van der Waals surface area (Å²) in [6.45, 7) is -1.74. The summed E-state index contributed by atoms with van der Waals surface area (Å²) in [7, 11) is 0. The summed E-state index contributed by atoms with van der Waals surface area (Å²) in [4.78, 5) is 0. The van der Waals surface area contributed by atoms with E-state index in [9.17, 15) is 0 Å². The van der Waals surface area contributed by atoms with Crippen molar-refractivity contribution in [3.63, 3.8) is 0 Å². The lowest BCUT2D eigenvalue weighted by atomic mass is 10.3. The molecule has 2 aromatic rings. The molecule has 3 nitrogen and oxygen atoms in total. The molecule has 0 heterocycles. The quantitative estimate of drug-likeness (QED) is 0.169. The highest BCUT2D eigenvalue weighted by atomic mass is 35.5. The summed E-state index contributed by atoms with van der Waals surface area (Å²) in [5.41, 5.74) is 0. The van der Waals surface area contributed by atoms with E-state index in [1.54, 1.807) is 0 Å². The highest BCUT2D eigenvalue weighted by molar-refractivity contribution is 8.07. The van der Waals surface area contributed by atoms with Crippen LogP contribution in [0.4, 0.5) is 0 Å². The Morgan fingerprint density at radius 3 is 1.10 bits per heavy atom. The van der Waals surface area contributed by atoms with E-state index < -0.39 is 6.72 Å². The first-order valence-corrected chi connectivity index (χ1v) is 13.9. The van der Waals surface area contributed by atoms with Gasteiger partial charge in [0.15, 0.2) is 11.5 Å². The van der Waals surface area contributed by atoms with E-state index in [0.29, 0.717) is 6.42 Å². The lowest BCUT2D eigenvalue weighted by Crippen LogP contribution is -2.07. The molecule has 0 atom stereocenters. The summed E-state index contributed by atoms with van der Waals surface area (Å²) in [5, 5.41) is -1.16. The van der Waals surface area contributed by atoms with Crippen molar-refractivity contribution in [1.29, 1.82) is 0 Å². The van der Waals surface area contributed by atoms with Crippen LogP contribution < -0.4 is 9.05 Å². The third-order valence-electron chi connectivity index (χ3n) is 3.20. The highest BCUT2D eigenvalue weighted by Gasteiger charge is 2.33. The van der Waals surface area contributed by atoms with Crippen LogP contribution >= 0.6 is 123 Å². The minimum absolute atomic E-state index is 0.0632. The molecule has 166 valence electrons. The van der Waals surface area contributed by atoms with E-state index >= 15 is 0 Å². The Kier molecular flexibility index (Phi) is 10.5. The molecular weight excluding hydrogens is 646 g/mol. The second-order valence-corrected chi connectivity index (χ2v) is 11.9. The summed E-state index contributed by atoms with van der Waals surface area (Å²) in [5.74, 6) is -0.397. The van der Waals surface area contributed by atoms with E-state index in [1.165, 1.54) is 0 Å². The fourth-order valence-corrected chi connectivity index (χ4v) is 6.47. The molecule has 0 aromatic heterocycles. The molecule has 0 aliphatic heterocycles. The number of hydrogen-bond donors (Lipinski definition) is 0. The van der Waals surface area contributed by atoms with E-state index in [2.05, 4.69) is 0 Å².